The van der Waals surface area contributed by atoms with Crippen LogP contribution in [0.15, 0.2) is 4.79 Å². The maximum absolute atomic E-state index is 11.8. The molecule has 2 rings (SSSR count). The zero-order chi connectivity index (χ0) is 12.9. The van der Waals surface area contributed by atoms with Gasteiger partial charge >= 0.3 is 5.97 Å². The minimum absolute atomic E-state index is 0.433. The summed E-state index contributed by atoms with van der Waals surface area (Å²) in [6, 6.07) is 0. The van der Waals surface area contributed by atoms with Crippen molar-refractivity contribution < 1.29 is 15.0 Å². The monoisotopic (exact) mass is 253 g/mol. The van der Waals surface area contributed by atoms with Crippen LogP contribution in [0.25, 0.3) is 10.2 Å². The van der Waals surface area contributed by atoms with Crippen molar-refractivity contribution in [3.63, 3.8) is 0 Å². The van der Waals surface area contributed by atoms with Crippen molar-refractivity contribution in [1.29, 1.82) is 0 Å². The second-order valence-corrected chi connectivity index (χ2v) is 5.06. The van der Waals surface area contributed by atoms with Crippen molar-refractivity contribution in [3.05, 3.63) is 26.4 Å². The first kappa shape index (κ1) is 11.7. The van der Waals surface area contributed by atoms with Crippen LogP contribution in [0.2, 0.25) is 0 Å². The molecular weight excluding hydrogens is 242 g/mol. The van der Waals surface area contributed by atoms with E-state index in [1.807, 2.05) is 6.92 Å². The van der Waals surface area contributed by atoms with Gasteiger partial charge in [-0.1, -0.05) is 0 Å². The van der Waals surface area contributed by atoms with Crippen LogP contribution in [0, 0.1) is 13.8 Å². The molecule has 5 nitrogen and oxygen atoms in total. The predicted octanol–water partition coefficient (Wildman–Crippen LogP) is 1.62. The molecule has 0 aliphatic rings. The molecule has 2 N–H and O–H groups in total. The number of aromatic hydroxyl groups is 1. The van der Waals surface area contributed by atoms with Gasteiger partial charge in [0.2, 0.25) is 0 Å². The Hall–Kier alpha value is -1.82. The lowest BCUT2D eigenvalue weighted by Crippen LogP contribution is -2.24. The highest BCUT2D eigenvalue weighted by Crippen LogP contribution is 2.36. The summed E-state index contributed by atoms with van der Waals surface area (Å²) in [4.78, 5) is 24.3. The maximum Gasteiger partial charge on any atom is 0.345 e. The van der Waals surface area contributed by atoms with Crippen molar-refractivity contribution in [2.75, 3.05) is 0 Å². The number of aromatic nitrogens is 1. The Morgan fingerprint density at radius 2 is 1.94 bits per heavy atom. The molecule has 0 aromatic carbocycles. The SMILES string of the molecule is Cc1sc2c(c1C)c(O)c(C(=O)O)c(=O)n2C. The van der Waals surface area contributed by atoms with E-state index in [-0.39, 0.29) is 0 Å². The van der Waals surface area contributed by atoms with Gasteiger partial charge in [-0.25, -0.2) is 4.79 Å². The van der Waals surface area contributed by atoms with Crippen LogP contribution in [0.4, 0.5) is 0 Å². The van der Waals surface area contributed by atoms with Crippen molar-refractivity contribution in [1.82, 2.24) is 4.57 Å². The van der Waals surface area contributed by atoms with E-state index in [1.165, 1.54) is 23.0 Å². The molecule has 0 amide bonds. The van der Waals surface area contributed by atoms with Crippen LogP contribution >= 0.6 is 11.3 Å². The number of carbonyl (C=O) groups is 1. The number of fused-ring (bicyclic) bond motifs is 1. The zero-order valence-electron chi connectivity index (χ0n) is 9.57. The third-order valence-electron chi connectivity index (χ3n) is 2.88. The highest BCUT2D eigenvalue weighted by Gasteiger charge is 2.23. The Bertz CT molecular complexity index is 696. The zero-order valence-corrected chi connectivity index (χ0v) is 10.4. The molecule has 17 heavy (non-hydrogen) atoms. The second kappa shape index (κ2) is 3.59. The van der Waals surface area contributed by atoms with Gasteiger partial charge in [-0.15, -0.1) is 11.3 Å². The molecule has 2 aromatic rings. The summed E-state index contributed by atoms with van der Waals surface area (Å²) in [6.45, 7) is 3.66. The molecule has 6 heteroatoms. The van der Waals surface area contributed by atoms with Gasteiger partial charge in [0.05, 0.1) is 5.39 Å². The predicted molar refractivity (Wildman–Crippen MR) is 65.2 cm³/mol. The topological polar surface area (TPSA) is 79.5 Å². The number of carboxylic acid groups (broad SMARTS) is 1. The average Bonchev–Trinajstić information content (AvgIpc) is 2.52. The number of hydrogen-bond acceptors (Lipinski definition) is 4. The van der Waals surface area contributed by atoms with Crippen LogP contribution in [0.1, 0.15) is 20.8 Å². The molecule has 0 atom stereocenters. The smallest absolute Gasteiger partial charge is 0.345 e. The number of hydrogen-bond donors (Lipinski definition) is 2. The van der Waals surface area contributed by atoms with Crippen LogP contribution in [-0.2, 0) is 7.05 Å². The van der Waals surface area contributed by atoms with E-state index in [2.05, 4.69) is 0 Å². The lowest BCUT2D eigenvalue weighted by molar-refractivity contribution is 0.0691. The van der Waals surface area contributed by atoms with Crippen LogP contribution in [-0.4, -0.2) is 20.7 Å². The first-order chi connectivity index (χ1) is 7.86. The van der Waals surface area contributed by atoms with E-state index in [0.29, 0.717) is 10.2 Å². The highest BCUT2D eigenvalue weighted by molar-refractivity contribution is 7.18. The Kier molecular flexibility index (Phi) is 2.46. The van der Waals surface area contributed by atoms with E-state index >= 15 is 0 Å². The van der Waals surface area contributed by atoms with Crippen LogP contribution in [0.3, 0.4) is 0 Å². The van der Waals surface area contributed by atoms with Gasteiger partial charge in [-0.2, -0.15) is 0 Å². The van der Waals surface area contributed by atoms with Gasteiger partial charge < -0.3 is 14.8 Å². The molecule has 0 bridgehead atoms. The molecule has 0 saturated carbocycles. The normalized spacial score (nSPS) is 11.0. The first-order valence-corrected chi connectivity index (χ1v) is 5.72. The number of aryl methyl sites for hydroxylation is 3. The fraction of sp³-hybridized carbons (Fsp3) is 0.273. The summed E-state index contributed by atoms with van der Waals surface area (Å²) < 4.78 is 1.27. The minimum Gasteiger partial charge on any atom is -0.506 e. The van der Waals surface area contributed by atoms with E-state index in [4.69, 9.17) is 5.11 Å². The van der Waals surface area contributed by atoms with Gasteiger partial charge in [0.15, 0.2) is 5.56 Å². The third kappa shape index (κ3) is 1.44. The quantitative estimate of drug-likeness (QED) is 0.809. The number of thiophene rings is 1. The minimum atomic E-state index is -1.41. The van der Waals surface area contributed by atoms with Crippen molar-refractivity contribution in [2.45, 2.75) is 13.8 Å². The number of nitrogens with zero attached hydrogens (tertiary/aromatic N) is 1. The van der Waals surface area contributed by atoms with Gasteiger partial charge in [0, 0.05) is 11.9 Å². The average molecular weight is 253 g/mol. The Morgan fingerprint density at radius 1 is 1.35 bits per heavy atom. The summed E-state index contributed by atoms with van der Waals surface area (Å²) in [5.74, 6) is -1.84. The standard InChI is InChI=1S/C11H11NO4S/c1-4-5(2)17-10-6(4)8(13)7(11(15)16)9(14)12(10)3/h13H,1-3H3,(H,15,16). The first-order valence-electron chi connectivity index (χ1n) is 4.91. The second-order valence-electron chi connectivity index (χ2n) is 3.86. The molecule has 0 spiro atoms. The van der Waals surface area contributed by atoms with Gasteiger partial charge in [-0.05, 0) is 19.4 Å². The molecule has 0 radical (unpaired) electrons. The largest absolute Gasteiger partial charge is 0.506 e. The lowest BCUT2D eigenvalue weighted by atomic mass is 10.1. The van der Waals surface area contributed by atoms with E-state index < -0.39 is 22.8 Å². The maximum atomic E-state index is 11.8. The number of rotatable bonds is 1. The molecule has 0 fully saturated rings. The summed E-state index contributed by atoms with van der Waals surface area (Å²) in [7, 11) is 1.51. The van der Waals surface area contributed by atoms with E-state index in [9.17, 15) is 14.7 Å². The van der Waals surface area contributed by atoms with E-state index in [0.717, 1.165) is 10.4 Å². The summed E-state index contributed by atoms with van der Waals surface area (Å²) >= 11 is 1.36. The van der Waals surface area contributed by atoms with Crippen molar-refractivity contribution in [3.8, 4) is 5.75 Å². The molecule has 2 aromatic heterocycles. The summed E-state index contributed by atoms with van der Waals surface area (Å²) in [5.41, 5.74) is -0.453. The molecule has 0 aliphatic carbocycles. The van der Waals surface area contributed by atoms with Crippen LogP contribution in [0.5, 0.6) is 5.75 Å². The molecule has 2 heterocycles. The molecule has 0 saturated heterocycles. The molecule has 0 aliphatic heterocycles. The number of aromatic carboxylic acids is 1. The lowest BCUT2D eigenvalue weighted by Gasteiger charge is -2.06. The van der Waals surface area contributed by atoms with Crippen molar-refractivity contribution >= 4 is 27.5 Å². The van der Waals surface area contributed by atoms with Crippen LogP contribution < -0.4 is 5.56 Å². The Balaban J connectivity index is 3.12. The van der Waals surface area contributed by atoms with Gasteiger partial charge in [-0.3, -0.25) is 4.79 Å². The fourth-order valence-corrected chi connectivity index (χ4v) is 2.92. The molecule has 0 unspecified atom stereocenters. The number of pyridine rings is 1. The third-order valence-corrected chi connectivity index (χ3v) is 4.16. The summed E-state index contributed by atoms with van der Waals surface area (Å²) in [6.07, 6.45) is 0. The number of carboxylic acids is 1. The Morgan fingerprint density at radius 3 is 2.47 bits per heavy atom. The van der Waals surface area contributed by atoms with Gasteiger partial charge in [0.1, 0.15) is 10.6 Å². The highest BCUT2D eigenvalue weighted by atomic mass is 32.1. The summed E-state index contributed by atoms with van der Waals surface area (Å²) in [5, 5.41) is 19.3. The van der Waals surface area contributed by atoms with Gasteiger partial charge in [0.25, 0.3) is 5.56 Å². The molecule has 90 valence electrons. The van der Waals surface area contributed by atoms with E-state index in [1.54, 1.807) is 6.92 Å². The fourth-order valence-electron chi connectivity index (χ4n) is 1.80. The van der Waals surface area contributed by atoms with Crippen molar-refractivity contribution in [2.24, 2.45) is 7.05 Å². The Labute approximate surface area is 101 Å². The molecular formula is C11H11NO4S.